The maximum absolute atomic E-state index is 15.5. The molecule has 11 heteroatoms. The highest BCUT2D eigenvalue weighted by atomic mass is 19.1. The Kier molecular flexibility index (Phi) is 7.19. The fourth-order valence-corrected chi connectivity index (χ4v) is 4.84. The number of rotatable bonds is 6. The number of aromatic nitrogens is 4. The lowest BCUT2D eigenvalue weighted by Gasteiger charge is -2.33. The van der Waals surface area contributed by atoms with Crippen LogP contribution in [0.1, 0.15) is 32.7 Å². The van der Waals surface area contributed by atoms with E-state index in [1.54, 1.807) is 47.7 Å². The van der Waals surface area contributed by atoms with Crippen molar-refractivity contribution < 1.29 is 13.9 Å². The van der Waals surface area contributed by atoms with Crippen LogP contribution < -0.4 is 16.2 Å². The van der Waals surface area contributed by atoms with Crippen LogP contribution in [0.15, 0.2) is 66.5 Å². The van der Waals surface area contributed by atoms with Gasteiger partial charge in [0, 0.05) is 30.3 Å². The van der Waals surface area contributed by atoms with Gasteiger partial charge in [0.15, 0.2) is 5.65 Å². The third-order valence-corrected chi connectivity index (χ3v) is 6.59. The molecule has 4 N–H and O–H groups in total. The van der Waals surface area contributed by atoms with Crippen molar-refractivity contribution in [1.82, 2.24) is 24.6 Å². The number of nitrogens with zero attached hydrogens (tertiary/aromatic N) is 6. The van der Waals surface area contributed by atoms with Crippen LogP contribution in [0.25, 0.3) is 22.3 Å². The quantitative estimate of drug-likeness (QED) is 0.271. The number of hydrogen-bond acceptors (Lipinski definition) is 8. The van der Waals surface area contributed by atoms with E-state index in [1.165, 1.54) is 18.5 Å². The fraction of sp³-hybridized carbons (Fsp3) is 0.276. The number of carbonyl (C=O) groups is 1. The monoisotopic (exact) mass is 540 g/mol. The lowest BCUT2D eigenvalue weighted by atomic mass is 10.0. The van der Waals surface area contributed by atoms with E-state index in [0.29, 0.717) is 47.6 Å². The molecule has 1 saturated heterocycles. The SMILES string of the molecule is CC(C)(N)/C=C(\C#N)C(=O)N1CCCC(n2nc(-c3ccc(Oc4ccccc4)cc3F)c3c(N)ncnc32)C1. The van der Waals surface area contributed by atoms with Gasteiger partial charge in [-0.3, -0.25) is 4.79 Å². The lowest BCUT2D eigenvalue weighted by molar-refractivity contribution is -0.128. The molecule has 0 saturated carbocycles. The summed E-state index contributed by atoms with van der Waals surface area (Å²) in [5.41, 5.74) is 12.4. The minimum Gasteiger partial charge on any atom is -0.457 e. The molecule has 2 aromatic heterocycles. The van der Waals surface area contributed by atoms with E-state index in [4.69, 9.17) is 21.3 Å². The van der Waals surface area contributed by atoms with E-state index in [2.05, 4.69) is 9.97 Å². The van der Waals surface area contributed by atoms with Crippen LogP contribution in [0.5, 0.6) is 11.5 Å². The first-order valence-electron chi connectivity index (χ1n) is 12.9. The molecular formula is C29H29FN8O2. The molecule has 40 heavy (non-hydrogen) atoms. The summed E-state index contributed by atoms with van der Waals surface area (Å²) >= 11 is 0. The van der Waals surface area contributed by atoms with Gasteiger partial charge >= 0.3 is 0 Å². The average molecular weight is 541 g/mol. The molecule has 3 heterocycles. The van der Waals surface area contributed by atoms with E-state index in [0.717, 1.165) is 0 Å². The number of halogens is 1. The molecule has 1 aliphatic heterocycles. The Morgan fingerprint density at radius 2 is 1.98 bits per heavy atom. The first kappa shape index (κ1) is 26.8. The Bertz CT molecular complexity index is 1640. The number of anilines is 1. The Morgan fingerprint density at radius 1 is 1.20 bits per heavy atom. The Hall–Kier alpha value is -4.82. The first-order chi connectivity index (χ1) is 19.1. The number of piperidine rings is 1. The van der Waals surface area contributed by atoms with Crippen molar-refractivity contribution in [1.29, 1.82) is 5.26 Å². The number of amides is 1. The molecule has 0 aliphatic carbocycles. The third-order valence-electron chi connectivity index (χ3n) is 6.59. The van der Waals surface area contributed by atoms with E-state index in [-0.39, 0.29) is 29.5 Å². The number of ether oxygens (including phenoxy) is 1. The first-order valence-corrected chi connectivity index (χ1v) is 12.9. The Morgan fingerprint density at radius 3 is 2.67 bits per heavy atom. The van der Waals surface area contributed by atoms with Gasteiger partial charge in [0.25, 0.3) is 5.91 Å². The predicted molar refractivity (Wildman–Crippen MR) is 148 cm³/mol. The minimum atomic E-state index is -0.816. The zero-order valence-electron chi connectivity index (χ0n) is 22.2. The van der Waals surface area contributed by atoms with E-state index in [1.807, 2.05) is 24.3 Å². The zero-order chi connectivity index (χ0) is 28.4. The normalized spacial score (nSPS) is 16.1. The van der Waals surface area contributed by atoms with Crippen LogP contribution in [-0.4, -0.2) is 49.2 Å². The van der Waals surface area contributed by atoms with Crippen molar-refractivity contribution >= 4 is 22.8 Å². The number of carbonyl (C=O) groups excluding carboxylic acids is 1. The van der Waals surface area contributed by atoms with Crippen LogP contribution in [0.4, 0.5) is 10.2 Å². The highest BCUT2D eigenvalue weighted by Crippen LogP contribution is 2.36. The molecule has 0 radical (unpaired) electrons. The summed E-state index contributed by atoms with van der Waals surface area (Å²) in [4.78, 5) is 23.3. The second-order valence-corrected chi connectivity index (χ2v) is 10.3. The second-order valence-electron chi connectivity index (χ2n) is 10.3. The van der Waals surface area contributed by atoms with Gasteiger partial charge in [-0.1, -0.05) is 18.2 Å². The minimum absolute atomic E-state index is 0.00869. The molecule has 2 aromatic carbocycles. The van der Waals surface area contributed by atoms with Crippen molar-refractivity contribution in [3.63, 3.8) is 0 Å². The molecule has 204 valence electrons. The molecule has 1 atom stereocenters. The number of hydrogen-bond donors (Lipinski definition) is 2. The summed E-state index contributed by atoms with van der Waals surface area (Å²) in [6.07, 6.45) is 4.18. The average Bonchev–Trinajstić information content (AvgIpc) is 3.32. The maximum Gasteiger partial charge on any atom is 0.264 e. The number of fused-ring (bicyclic) bond motifs is 1. The lowest BCUT2D eigenvalue weighted by Crippen LogP contribution is -2.42. The number of nitrogen functional groups attached to an aromatic ring is 1. The molecule has 1 aliphatic rings. The summed E-state index contributed by atoms with van der Waals surface area (Å²) in [6.45, 7) is 4.21. The molecular weight excluding hydrogens is 511 g/mol. The summed E-state index contributed by atoms with van der Waals surface area (Å²) < 4.78 is 22.9. The maximum atomic E-state index is 15.5. The van der Waals surface area contributed by atoms with Crippen molar-refractivity contribution in [3.05, 3.63) is 72.3 Å². The molecule has 0 bridgehead atoms. The molecule has 4 aromatic rings. The number of para-hydroxylation sites is 1. The van der Waals surface area contributed by atoms with E-state index >= 15 is 4.39 Å². The van der Waals surface area contributed by atoms with Crippen LogP contribution in [0, 0.1) is 17.1 Å². The van der Waals surface area contributed by atoms with Crippen LogP contribution in [0.2, 0.25) is 0 Å². The van der Waals surface area contributed by atoms with Gasteiger partial charge in [-0.25, -0.2) is 19.0 Å². The molecule has 1 fully saturated rings. The van der Waals surface area contributed by atoms with E-state index in [9.17, 15) is 10.1 Å². The highest BCUT2D eigenvalue weighted by molar-refractivity contribution is 5.99. The summed E-state index contributed by atoms with van der Waals surface area (Å²) in [5, 5.41) is 14.8. The third kappa shape index (κ3) is 5.48. The zero-order valence-corrected chi connectivity index (χ0v) is 22.2. The topological polar surface area (TPSA) is 149 Å². The molecule has 10 nitrogen and oxygen atoms in total. The number of nitriles is 1. The fourth-order valence-electron chi connectivity index (χ4n) is 4.84. The second kappa shape index (κ2) is 10.7. The van der Waals surface area contributed by atoms with Crippen molar-refractivity contribution in [2.24, 2.45) is 5.73 Å². The Balaban J connectivity index is 1.49. The van der Waals surface area contributed by atoms with Gasteiger partial charge < -0.3 is 21.1 Å². The summed E-state index contributed by atoms with van der Waals surface area (Å²) in [5.74, 6) is 0.152. The van der Waals surface area contributed by atoms with Gasteiger partial charge in [0.1, 0.15) is 46.8 Å². The van der Waals surface area contributed by atoms with Gasteiger partial charge in [-0.15, -0.1) is 0 Å². The van der Waals surface area contributed by atoms with Gasteiger partial charge in [-0.2, -0.15) is 10.4 Å². The van der Waals surface area contributed by atoms with E-state index < -0.39 is 17.3 Å². The summed E-state index contributed by atoms with van der Waals surface area (Å²) in [6, 6.07) is 15.3. The van der Waals surface area contributed by atoms with Crippen molar-refractivity contribution in [3.8, 4) is 28.8 Å². The van der Waals surface area contributed by atoms with Gasteiger partial charge in [0.05, 0.1) is 11.4 Å². The van der Waals surface area contributed by atoms with Crippen LogP contribution >= 0.6 is 0 Å². The highest BCUT2D eigenvalue weighted by Gasteiger charge is 2.31. The summed E-state index contributed by atoms with van der Waals surface area (Å²) in [7, 11) is 0. The number of benzene rings is 2. The number of nitrogens with two attached hydrogens (primary N) is 2. The smallest absolute Gasteiger partial charge is 0.264 e. The standard InChI is InChI=1S/C29H29FN8O2/c1-29(2,33)14-18(15-31)28(39)37-12-6-7-19(16-37)38-27-24(26(32)34-17-35-27)25(36-38)22-11-10-21(13-23(22)30)40-20-8-4-3-5-9-20/h3-5,8-11,13-14,17,19H,6-7,12,16,33H2,1-2H3,(H2,32,34,35)/b18-14+. The largest absolute Gasteiger partial charge is 0.457 e. The molecule has 1 amide bonds. The van der Waals surface area contributed by atoms with Crippen LogP contribution in [0.3, 0.4) is 0 Å². The molecule has 5 rings (SSSR count). The van der Waals surface area contributed by atoms with Gasteiger partial charge in [-0.05, 0) is 57.0 Å². The number of likely N-dealkylation sites (tertiary alicyclic amines) is 1. The van der Waals surface area contributed by atoms with Crippen LogP contribution in [-0.2, 0) is 4.79 Å². The Labute approximate surface area is 230 Å². The van der Waals surface area contributed by atoms with Gasteiger partial charge in [0.2, 0.25) is 0 Å². The predicted octanol–water partition coefficient (Wildman–Crippen LogP) is 4.36. The van der Waals surface area contributed by atoms with Crippen molar-refractivity contribution in [2.45, 2.75) is 38.3 Å². The molecule has 1 unspecified atom stereocenters. The van der Waals surface area contributed by atoms with Crippen molar-refractivity contribution in [2.75, 3.05) is 18.8 Å². The molecule has 0 spiro atoms.